The monoisotopic (exact) mass is 373 g/mol. The van der Waals surface area contributed by atoms with Gasteiger partial charge in [0.05, 0.1) is 6.54 Å². The number of amides is 3. The minimum atomic E-state index is -0.674. The average Bonchev–Trinajstić information content (AvgIpc) is 2.65. The highest BCUT2D eigenvalue weighted by Crippen LogP contribution is 2.14. The summed E-state index contributed by atoms with van der Waals surface area (Å²) in [7, 11) is 0. The summed E-state index contributed by atoms with van der Waals surface area (Å²) in [5.74, 6) is -2.36. The molecule has 0 saturated carbocycles. The van der Waals surface area contributed by atoms with Gasteiger partial charge in [-0.3, -0.25) is 25.2 Å². The number of hydrogen-bond donors (Lipinski definition) is 3. The van der Waals surface area contributed by atoms with E-state index in [9.17, 15) is 18.8 Å². The minimum Gasteiger partial charge on any atom is -0.481 e. The largest absolute Gasteiger partial charge is 0.481 e. The second kappa shape index (κ2) is 9.33. The quantitative estimate of drug-likeness (QED) is 0.667. The fourth-order valence-corrected chi connectivity index (χ4v) is 2.07. The average molecular weight is 373 g/mol. The number of benzene rings is 2. The van der Waals surface area contributed by atoms with E-state index in [4.69, 9.17) is 4.74 Å². The number of aryl methyl sites for hydroxylation is 2. The van der Waals surface area contributed by atoms with Crippen LogP contribution in [0.5, 0.6) is 5.75 Å². The lowest BCUT2D eigenvalue weighted by Crippen LogP contribution is -2.47. The zero-order chi connectivity index (χ0) is 19.8. The zero-order valence-corrected chi connectivity index (χ0v) is 15.0. The molecule has 0 atom stereocenters. The van der Waals surface area contributed by atoms with E-state index in [0.717, 1.165) is 11.1 Å². The zero-order valence-electron chi connectivity index (χ0n) is 15.0. The molecular weight excluding hydrogens is 353 g/mol. The molecule has 0 aliphatic heterocycles. The smallest absolute Gasteiger partial charge is 0.276 e. The Morgan fingerprint density at radius 1 is 0.963 bits per heavy atom. The molecule has 142 valence electrons. The Bertz CT molecular complexity index is 855. The van der Waals surface area contributed by atoms with Crippen molar-refractivity contribution in [1.82, 2.24) is 16.2 Å². The number of ether oxygens (including phenoxy) is 1. The van der Waals surface area contributed by atoms with E-state index in [0.29, 0.717) is 5.56 Å². The third-order valence-corrected chi connectivity index (χ3v) is 3.72. The van der Waals surface area contributed by atoms with Gasteiger partial charge in [0.15, 0.2) is 18.2 Å². The van der Waals surface area contributed by atoms with Gasteiger partial charge in [0, 0.05) is 5.56 Å². The van der Waals surface area contributed by atoms with Crippen molar-refractivity contribution >= 4 is 17.7 Å². The van der Waals surface area contributed by atoms with Gasteiger partial charge in [-0.1, -0.05) is 18.2 Å². The van der Waals surface area contributed by atoms with E-state index in [1.165, 1.54) is 18.2 Å². The van der Waals surface area contributed by atoms with Crippen molar-refractivity contribution in [3.8, 4) is 5.75 Å². The Morgan fingerprint density at radius 2 is 1.67 bits per heavy atom. The normalized spacial score (nSPS) is 10.0. The molecule has 7 nitrogen and oxygen atoms in total. The van der Waals surface area contributed by atoms with Crippen molar-refractivity contribution in [3.63, 3.8) is 0 Å². The molecule has 0 heterocycles. The maximum Gasteiger partial charge on any atom is 0.276 e. The fraction of sp³-hybridized carbons (Fsp3) is 0.211. The van der Waals surface area contributed by atoms with Gasteiger partial charge in [0.1, 0.15) is 0 Å². The highest BCUT2D eigenvalue weighted by molar-refractivity contribution is 5.96. The molecule has 0 aliphatic carbocycles. The second-order valence-electron chi connectivity index (χ2n) is 5.80. The summed E-state index contributed by atoms with van der Waals surface area (Å²) >= 11 is 0. The summed E-state index contributed by atoms with van der Waals surface area (Å²) in [4.78, 5) is 35.3. The Balaban J connectivity index is 1.71. The number of hydrogen-bond acceptors (Lipinski definition) is 4. The van der Waals surface area contributed by atoms with Crippen molar-refractivity contribution in [2.24, 2.45) is 0 Å². The van der Waals surface area contributed by atoms with Crippen LogP contribution in [0, 0.1) is 19.7 Å². The highest BCUT2D eigenvalue weighted by atomic mass is 19.1. The maximum absolute atomic E-state index is 13.4. The Labute approximate surface area is 155 Å². The van der Waals surface area contributed by atoms with Gasteiger partial charge in [0.25, 0.3) is 17.7 Å². The lowest BCUT2D eigenvalue weighted by atomic mass is 10.1. The number of carbonyl (C=O) groups is 3. The van der Waals surface area contributed by atoms with Crippen LogP contribution >= 0.6 is 0 Å². The third kappa shape index (κ3) is 6.10. The second-order valence-corrected chi connectivity index (χ2v) is 5.80. The van der Waals surface area contributed by atoms with Gasteiger partial charge >= 0.3 is 0 Å². The molecule has 2 aromatic carbocycles. The number of halogens is 1. The number of nitrogens with one attached hydrogen (secondary N) is 3. The molecule has 8 heteroatoms. The van der Waals surface area contributed by atoms with E-state index in [2.05, 4.69) is 16.2 Å². The molecule has 0 spiro atoms. The predicted octanol–water partition coefficient (Wildman–Crippen LogP) is 1.40. The number of para-hydroxylation sites is 1. The van der Waals surface area contributed by atoms with Crippen LogP contribution in [0.1, 0.15) is 21.5 Å². The fourth-order valence-electron chi connectivity index (χ4n) is 2.07. The summed E-state index contributed by atoms with van der Waals surface area (Å²) < 4.78 is 18.4. The van der Waals surface area contributed by atoms with Gasteiger partial charge in [-0.25, -0.2) is 4.39 Å². The molecule has 3 N–H and O–H groups in total. The summed E-state index contributed by atoms with van der Waals surface area (Å²) in [5, 5.41) is 2.45. The van der Waals surface area contributed by atoms with Gasteiger partial charge in [0.2, 0.25) is 0 Å². The molecule has 2 rings (SSSR count). The minimum absolute atomic E-state index is 0.0698. The molecule has 0 aromatic heterocycles. The maximum atomic E-state index is 13.4. The van der Waals surface area contributed by atoms with Crippen molar-refractivity contribution in [2.75, 3.05) is 13.2 Å². The third-order valence-electron chi connectivity index (χ3n) is 3.72. The van der Waals surface area contributed by atoms with Crippen LogP contribution in [0.4, 0.5) is 4.39 Å². The van der Waals surface area contributed by atoms with Crippen LogP contribution in [0.25, 0.3) is 0 Å². The van der Waals surface area contributed by atoms with Crippen LogP contribution in [-0.4, -0.2) is 30.9 Å². The predicted molar refractivity (Wildman–Crippen MR) is 96.4 cm³/mol. The van der Waals surface area contributed by atoms with Crippen LogP contribution in [-0.2, 0) is 9.59 Å². The van der Waals surface area contributed by atoms with Crippen LogP contribution in [0.15, 0.2) is 42.5 Å². The molecule has 27 heavy (non-hydrogen) atoms. The first kappa shape index (κ1) is 19.9. The van der Waals surface area contributed by atoms with Gasteiger partial charge in [-0.15, -0.1) is 0 Å². The molecule has 0 fully saturated rings. The topological polar surface area (TPSA) is 96.5 Å². The molecule has 0 aliphatic rings. The van der Waals surface area contributed by atoms with E-state index >= 15 is 0 Å². The van der Waals surface area contributed by atoms with Gasteiger partial charge in [-0.2, -0.15) is 0 Å². The number of hydrazine groups is 1. The van der Waals surface area contributed by atoms with Crippen LogP contribution in [0.3, 0.4) is 0 Å². The Kier molecular flexibility index (Phi) is 6.87. The van der Waals surface area contributed by atoms with Crippen molar-refractivity contribution in [2.45, 2.75) is 13.8 Å². The van der Waals surface area contributed by atoms with Gasteiger partial charge in [-0.05, 0) is 49.2 Å². The molecule has 0 bridgehead atoms. The van der Waals surface area contributed by atoms with Crippen LogP contribution in [0.2, 0.25) is 0 Å². The lowest BCUT2D eigenvalue weighted by Gasteiger charge is -2.10. The lowest BCUT2D eigenvalue weighted by molar-refractivity contribution is -0.129. The summed E-state index contributed by atoms with van der Waals surface area (Å²) in [6.07, 6.45) is 0. The molecule has 3 amide bonds. The molecular formula is C19H20FN3O4. The Hall–Kier alpha value is -3.42. The van der Waals surface area contributed by atoms with Crippen LogP contribution < -0.4 is 20.9 Å². The molecule has 0 radical (unpaired) electrons. The Morgan fingerprint density at radius 3 is 2.37 bits per heavy atom. The standard InChI is InChI=1S/C19H20FN3O4/c1-12-7-8-14(9-13(12)2)19(26)21-10-17(24)22-23-18(25)11-27-16-6-4-3-5-15(16)20/h3-9H,10-11H2,1-2H3,(H,21,26)(H,22,24)(H,23,25). The molecule has 0 unspecified atom stereocenters. The van der Waals surface area contributed by atoms with Crippen molar-refractivity contribution in [1.29, 1.82) is 0 Å². The highest BCUT2D eigenvalue weighted by Gasteiger charge is 2.10. The van der Waals surface area contributed by atoms with Crippen molar-refractivity contribution in [3.05, 3.63) is 65.0 Å². The van der Waals surface area contributed by atoms with Crippen molar-refractivity contribution < 1.29 is 23.5 Å². The molecule has 0 saturated heterocycles. The number of carbonyl (C=O) groups excluding carboxylic acids is 3. The summed E-state index contributed by atoms with van der Waals surface area (Å²) in [5.41, 5.74) is 6.71. The number of rotatable bonds is 6. The van der Waals surface area contributed by atoms with Gasteiger partial charge < -0.3 is 10.1 Å². The van der Waals surface area contributed by atoms with E-state index in [1.807, 2.05) is 19.9 Å². The first-order valence-corrected chi connectivity index (χ1v) is 8.17. The first-order valence-electron chi connectivity index (χ1n) is 8.17. The summed E-state index contributed by atoms with van der Waals surface area (Å²) in [6.45, 7) is 3.03. The van der Waals surface area contributed by atoms with E-state index in [1.54, 1.807) is 18.2 Å². The SMILES string of the molecule is Cc1ccc(C(=O)NCC(=O)NNC(=O)COc2ccccc2F)cc1C. The van der Waals surface area contributed by atoms with E-state index in [-0.39, 0.29) is 12.3 Å². The molecule has 2 aromatic rings. The first-order chi connectivity index (χ1) is 12.9. The van der Waals surface area contributed by atoms with E-state index < -0.39 is 30.1 Å². The summed E-state index contributed by atoms with van der Waals surface area (Å²) in [6, 6.07) is 10.9.